The van der Waals surface area contributed by atoms with Gasteiger partial charge >= 0.3 is 0 Å². The number of aromatic nitrogens is 4. The number of amides is 1. The first-order chi connectivity index (χ1) is 15.4. The SMILES string of the molecule is CC(C)CC(CNC(=O)c1cccc2nc(Cn3ccc(N)n3)cn12)c1ccc(Cl)cc1. The molecular formula is C24H27ClN6O. The minimum Gasteiger partial charge on any atom is -0.382 e. The first-order valence-corrected chi connectivity index (χ1v) is 11.1. The fourth-order valence-corrected chi connectivity index (χ4v) is 4.03. The van der Waals surface area contributed by atoms with Crippen LogP contribution in [-0.2, 0) is 6.54 Å². The van der Waals surface area contributed by atoms with E-state index in [2.05, 4.69) is 29.2 Å². The van der Waals surface area contributed by atoms with Crippen molar-refractivity contribution in [2.45, 2.75) is 32.7 Å². The molecule has 0 radical (unpaired) electrons. The number of halogens is 1. The van der Waals surface area contributed by atoms with Gasteiger partial charge < -0.3 is 11.1 Å². The van der Waals surface area contributed by atoms with E-state index in [1.165, 1.54) is 5.56 Å². The van der Waals surface area contributed by atoms with E-state index in [0.717, 1.165) is 12.1 Å². The van der Waals surface area contributed by atoms with Crippen LogP contribution in [0.4, 0.5) is 5.82 Å². The van der Waals surface area contributed by atoms with Crippen LogP contribution in [0.25, 0.3) is 5.65 Å². The fourth-order valence-electron chi connectivity index (χ4n) is 3.90. The topological polar surface area (TPSA) is 90.2 Å². The molecule has 0 saturated carbocycles. The van der Waals surface area contributed by atoms with Gasteiger partial charge in [0.05, 0.1) is 12.2 Å². The molecule has 0 aliphatic rings. The molecule has 3 aromatic heterocycles. The number of nitrogen functional groups attached to an aromatic ring is 1. The number of pyridine rings is 1. The molecule has 4 rings (SSSR count). The lowest BCUT2D eigenvalue weighted by Gasteiger charge is -2.20. The smallest absolute Gasteiger partial charge is 0.268 e. The highest BCUT2D eigenvalue weighted by molar-refractivity contribution is 6.30. The van der Waals surface area contributed by atoms with Crippen LogP contribution in [0.5, 0.6) is 0 Å². The van der Waals surface area contributed by atoms with Gasteiger partial charge in [-0.25, -0.2) is 4.98 Å². The van der Waals surface area contributed by atoms with Crippen LogP contribution in [0.2, 0.25) is 5.02 Å². The minimum atomic E-state index is -0.134. The molecule has 1 atom stereocenters. The standard InChI is InChI=1S/C24H27ClN6O/c1-16(2)12-18(17-6-8-19(25)9-7-17)13-27-24(32)21-4-3-5-23-28-20(15-31(21)23)14-30-11-10-22(26)29-30/h3-11,15-16,18H,12-14H2,1-2H3,(H2,26,29)(H,27,32). The van der Waals surface area contributed by atoms with Crippen molar-refractivity contribution in [3.8, 4) is 0 Å². The molecule has 0 spiro atoms. The van der Waals surface area contributed by atoms with Crippen LogP contribution in [0.15, 0.2) is 60.9 Å². The zero-order valence-electron chi connectivity index (χ0n) is 18.2. The normalized spacial score (nSPS) is 12.4. The van der Waals surface area contributed by atoms with Gasteiger partial charge in [-0.05, 0) is 48.2 Å². The van der Waals surface area contributed by atoms with Crippen molar-refractivity contribution < 1.29 is 4.79 Å². The maximum Gasteiger partial charge on any atom is 0.268 e. The molecule has 166 valence electrons. The van der Waals surface area contributed by atoms with Crippen molar-refractivity contribution in [2.24, 2.45) is 5.92 Å². The number of rotatable bonds is 8. The summed E-state index contributed by atoms with van der Waals surface area (Å²) in [6.45, 7) is 5.40. The molecule has 0 aliphatic heterocycles. The highest BCUT2D eigenvalue weighted by Gasteiger charge is 2.17. The number of nitrogens with two attached hydrogens (primary N) is 1. The van der Waals surface area contributed by atoms with E-state index >= 15 is 0 Å². The quantitative estimate of drug-likeness (QED) is 0.417. The van der Waals surface area contributed by atoms with Gasteiger partial charge in [-0.2, -0.15) is 5.10 Å². The van der Waals surface area contributed by atoms with E-state index in [4.69, 9.17) is 17.3 Å². The van der Waals surface area contributed by atoms with E-state index in [1.807, 2.05) is 47.0 Å². The Bertz CT molecular complexity index is 1210. The van der Waals surface area contributed by atoms with Crippen LogP contribution >= 0.6 is 11.6 Å². The fraction of sp³-hybridized carbons (Fsp3) is 0.292. The number of nitrogens with zero attached hydrogens (tertiary/aromatic N) is 4. The second-order valence-corrected chi connectivity index (χ2v) is 8.83. The van der Waals surface area contributed by atoms with Crippen LogP contribution in [-0.4, -0.2) is 31.6 Å². The number of hydrogen-bond acceptors (Lipinski definition) is 4. The molecule has 7 nitrogen and oxygen atoms in total. The predicted molar refractivity (Wildman–Crippen MR) is 127 cm³/mol. The molecule has 1 amide bonds. The maximum absolute atomic E-state index is 13.1. The lowest BCUT2D eigenvalue weighted by molar-refractivity contribution is 0.0943. The van der Waals surface area contributed by atoms with Crippen molar-refractivity contribution in [3.05, 3.63) is 82.9 Å². The average Bonchev–Trinajstić information content (AvgIpc) is 3.36. The lowest BCUT2D eigenvalue weighted by atomic mass is 9.90. The van der Waals surface area contributed by atoms with Gasteiger partial charge in [-0.1, -0.05) is 43.6 Å². The minimum absolute atomic E-state index is 0.134. The van der Waals surface area contributed by atoms with Crippen molar-refractivity contribution in [1.82, 2.24) is 24.5 Å². The highest BCUT2D eigenvalue weighted by Crippen LogP contribution is 2.25. The van der Waals surface area contributed by atoms with Crippen LogP contribution in [0.1, 0.15) is 47.9 Å². The van der Waals surface area contributed by atoms with Crippen molar-refractivity contribution in [1.29, 1.82) is 0 Å². The number of anilines is 1. The van der Waals surface area contributed by atoms with Crippen LogP contribution in [0.3, 0.4) is 0 Å². The molecule has 0 fully saturated rings. The summed E-state index contributed by atoms with van der Waals surface area (Å²) in [6, 6.07) is 15.1. The summed E-state index contributed by atoms with van der Waals surface area (Å²) in [5.74, 6) is 1.04. The van der Waals surface area contributed by atoms with Crippen molar-refractivity contribution in [2.75, 3.05) is 12.3 Å². The van der Waals surface area contributed by atoms with Crippen molar-refractivity contribution in [3.63, 3.8) is 0 Å². The summed E-state index contributed by atoms with van der Waals surface area (Å²) in [5.41, 5.74) is 8.92. The number of fused-ring (bicyclic) bond motifs is 1. The molecule has 3 N–H and O–H groups in total. The Morgan fingerprint density at radius 1 is 1.16 bits per heavy atom. The Morgan fingerprint density at radius 2 is 1.94 bits per heavy atom. The molecule has 0 saturated heterocycles. The number of hydrogen-bond donors (Lipinski definition) is 2. The van der Waals surface area contributed by atoms with E-state index in [1.54, 1.807) is 23.0 Å². The lowest BCUT2D eigenvalue weighted by Crippen LogP contribution is -2.30. The van der Waals surface area contributed by atoms with Gasteiger partial charge in [0.25, 0.3) is 5.91 Å². The predicted octanol–water partition coefficient (Wildman–Crippen LogP) is 4.37. The third-order valence-corrected chi connectivity index (χ3v) is 5.62. The first-order valence-electron chi connectivity index (χ1n) is 10.7. The molecular weight excluding hydrogens is 424 g/mol. The Balaban J connectivity index is 1.51. The van der Waals surface area contributed by atoms with E-state index in [0.29, 0.717) is 41.2 Å². The summed E-state index contributed by atoms with van der Waals surface area (Å²) in [5, 5.41) is 8.02. The van der Waals surface area contributed by atoms with Gasteiger partial charge in [-0.15, -0.1) is 0 Å². The molecule has 32 heavy (non-hydrogen) atoms. The number of nitrogens with one attached hydrogen (secondary N) is 1. The summed E-state index contributed by atoms with van der Waals surface area (Å²) >= 11 is 6.05. The van der Waals surface area contributed by atoms with E-state index in [-0.39, 0.29) is 11.8 Å². The number of imidazole rings is 1. The molecule has 0 aliphatic carbocycles. The largest absolute Gasteiger partial charge is 0.382 e. The maximum atomic E-state index is 13.1. The van der Waals surface area contributed by atoms with Crippen LogP contribution < -0.4 is 11.1 Å². The van der Waals surface area contributed by atoms with Gasteiger partial charge in [0.1, 0.15) is 17.2 Å². The molecule has 1 unspecified atom stereocenters. The Hall–Kier alpha value is -3.32. The summed E-state index contributed by atoms with van der Waals surface area (Å²) < 4.78 is 3.54. The van der Waals surface area contributed by atoms with Gasteiger partial charge in [0, 0.05) is 29.9 Å². The number of carbonyl (C=O) groups excluding carboxylic acids is 1. The third-order valence-electron chi connectivity index (χ3n) is 5.37. The Morgan fingerprint density at radius 3 is 2.62 bits per heavy atom. The molecule has 3 heterocycles. The first kappa shape index (κ1) is 21.9. The van der Waals surface area contributed by atoms with Crippen LogP contribution in [0, 0.1) is 5.92 Å². The zero-order chi connectivity index (χ0) is 22.7. The van der Waals surface area contributed by atoms with E-state index in [9.17, 15) is 4.79 Å². The summed E-state index contributed by atoms with van der Waals surface area (Å²) in [4.78, 5) is 17.7. The van der Waals surface area contributed by atoms with Gasteiger partial charge in [0.2, 0.25) is 0 Å². The Kier molecular flexibility index (Phi) is 6.46. The van der Waals surface area contributed by atoms with Gasteiger partial charge in [-0.3, -0.25) is 13.9 Å². The second kappa shape index (κ2) is 9.44. The average molecular weight is 451 g/mol. The third kappa shape index (κ3) is 5.11. The zero-order valence-corrected chi connectivity index (χ0v) is 19.0. The monoisotopic (exact) mass is 450 g/mol. The molecule has 1 aromatic carbocycles. The number of carbonyl (C=O) groups is 1. The highest BCUT2D eigenvalue weighted by atomic mass is 35.5. The summed E-state index contributed by atoms with van der Waals surface area (Å²) in [7, 11) is 0. The second-order valence-electron chi connectivity index (χ2n) is 8.40. The molecule has 4 aromatic rings. The summed E-state index contributed by atoms with van der Waals surface area (Å²) in [6.07, 6.45) is 4.64. The van der Waals surface area contributed by atoms with Crippen molar-refractivity contribution >= 4 is 29.0 Å². The molecule has 8 heteroatoms. The van der Waals surface area contributed by atoms with Gasteiger partial charge in [0.15, 0.2) is 0 Å². The molecule has 0 bridgehead atoms. The van der Waals surface area contributed by atoms with E-state index < -0.39 is 0 Å². The Labute approximate surface area is 192 Å². The number of benzene rings is 1.